The molecule has 0 radical (unpaired) electrons. The molecule has 1 N–H and O–H groups in total. The Morgan fingerprint density at radius 2 is 2.08 bits per heavy atom. The van der Waals surface area contributed by atoms with E-state index >= 15 is 0 Å². The van der Waals surface area contributed by atoms with Crippen LogP contribution in [0, 0.1) is 17.2 Å². The van der Waals surface area contributed by atoms with Crippen molar-refractivity contribution in [3.05, 3.63) is 40.7 Å². The number of carbonyl (C=O) groups is 3. The molecule has 38 heavy (non-hydrogen) atoms. The number of aromatic nitrogens is 2. The van der Waals surface area contributed by atoms with Gasteiger partial charge in [0, 0.05) is 44.3 Å². The molecule has 0 spiro atoms. The van der Waals surface area contributed by atoms with Crippen LogP contribution in [-0.4, -0.2) is 65.5 Å². The van der Waals surface area contributed by atoms with Crippen LogP contribution in [0.4, 0.5) is 16.4 Å². The molecular formula is C27H30N6O5. The predicted octanol–water partition coefficient (Wildman–Crippen LogP) is 3.07. The lowest BCUT2D eigenvalue weighted by molar-refractivity contribution is -0.131. The third-order valence-electron chi connectivity index (χ3n) is 7.51. The van der Waals surface area contributed by atoms with Crippen molar-refractivity contribution in [1.82, 2.24) is 14.9 Å². The van der Waals surface area contributed by atoms with Gasteiger partial charge in [0.25, 0.3) is 0 Å². The fraction of sp³-hybridized carbons (Fsp3) is 0.481. The number of likely N-dealkylation sites (tertiary alicyclic amines) is 1. The van der Waals surface area contributed by atoms with Crippen LogP contribution in [0.15, 0.2) is 18.3 Å². The fourth-order valence-electron chi connectivity index (χ4n) is 5.11. The molecule has 2 fully saturated rings. The highest BCUT2D eigenvalue weighted by atomic mass is 16.5. The van der Waals surface area contributed by atoms with Gasteiger partial charge in [-0.25, -0.2) is 14.8 Å². The number of aldehydes is 1. The number of nitriles is 1. The van der Waals surface area contributed by atoms with E-state index < -0.39 is 6.03 Å². The number of hydrogen-bond donors (Lipinski definition) is 1. The van der Waals surface area contributed by atoms with Crippen molar-refractivity contribution in [1.29, 1.82) is 5.26 Å². The summed E-state index contributed by atoms with van der Waals surface area (Å²) in [6.07, 6.45) is 5.76. The maximum Gasteiger partial charge on any atom is 0.328 e. The van der Waals surface area contributed by atoms with E-state index in [4.69, 9.17) is 9.47 Å². The Balaban J connectivity index is 1.35. The number of urea groups is 1. The molecule has 2 aliphatic heterocycles. The molecule has 2 aromatic heterocycles. The van der Waals surface area contributed by atoms with Crippen molar-refractivity contribution in [3.8, 4) is 11.8 Å². The number of fused-ring (bicyclic) bond motifs is 1. The zero-order chi connectivity index (χ0) is 26.8. The van der Waals surface area contributed by atoms with E-state index in [1.807, 2.05) is 13.0 Å². The number of rotatable bonds is 7. The number of methoxy groups -OCH3 is 1. The Morgan fingerprint density at radius 1 is 1.26 bits per heavy atom. The SMILES string of the molecule is CO[C@H]1CC[C@H]1Oc1cc(NC(=O)N2CCCc3cc(CN4CC[C@H](C)C4=O)c(C=O)nc32)ncc1C#N. The van der Waals surface area contributed by atoms with Gasteiger partial charge in [0.1, 0.15) is 40.8 Å². The fourth-order valence-corrected chi connectivity index (χ4v) is 5.11. The minimum atomic E-state index is -0.451. The zero-order valence-corrected chi connectivity index (χ0v) is 21.5. The molecule has 0 aromatic carbocycles. The second-order valence-corrected chi connectivity index (χ2v) is 9.95. The summed E-state index contributed by atoms with van der Waals surface area (Å²) >= 11 is 0. The normalized spacial score (nSPS) is 22.3. The number of nitrogens with zero attached hydrogens (tertiary/aromatic N) is 5. The lowest BCUT2D eigenvalue weighted by Gasteiger charge is -2.35. The highest BCUT2D eigenvalue weighted by Gasteiger charge is 2.34. The van der Waals surface area contributed by atoms with Gasteiger partial charge in [-0.1, -0.05) is 6.92 Å². The smallest absolute Gasteiger partial charge is 0.328 e. The maximum absolute atomic E-state index is 13.3. The molecule has 3 aliphatic rings. The second-order valence-electron chi connectivity index (χ2n) is 9.95. The monoisotopic (exact) mass is 518 g/mol. The summed E-state index contributed by atoms with van der Waals surface area (Å²) in [5.74, 6) is 1.05. The van der Waals surface area contributed by atoms with E-state index in [0.29, 0.717) is 49.5 Å². The molecule has 3 atom stereocenters. The Labute approximate surface area is 220 Å². The molecule has 2 aromatic rings. The molecule has 1 saturated carbocycles. The van der Waals surface area contributed by atoms with Crippen molar-refractivity contribution in [3.63, 3.8) is 0 Å². The van der Waals surface area contributed by atoms with Crippen molar-refractivity contribution in [2.75, 3.05) is 30.4 Å². The van der Waals surface area contributed by atoms with Gasteiger partial charge in [-0.15, -0.1) is 0 Å². The number of aryl methyl sites for hydroxylation is 1. The molecule has 11 nitrogen and oxygen atoms in total. The largest absolute Gasteiger partial charge is 0.486 e. The van der Waals surface area contributed by atoms with Crippen LogP contribution in [0.25, 0.3) is 0 Å². The summed E-state index contributed by atoms with van der Waals surface area (Å²) in [6.45, 7) is 3.31. The molecule has 1 saturated heterocycles. The number of hydrogen-bond acceptors (Lipinski definition) is 8. The lowest BCUT2D eigenvalue weighted by atomic mass is 9.92. The number of pyridine rings is 2. The highest BCUT2D eigenvalue weighted by molar-refractivity contribution is 6.01. The van der Waals surface area contributed by atoms with Gasteiger partial charge in [-0.2, -0.15) is 5.26 Å². The number of carbonyl (C=O) groups excluding carboxylic acids is 3. The molecule has 11 heteroatoms. The zero-order valence-electron chi connectivity index (χ0n) is 21.5. The molecule has 4 heterocycles. The average Bonchev–Trinajstić information content (AvgIpc) is 3.22. The lowest BCUT2D eigenvalue weighted by Crippen LogP contribution is -2.42. The van der Waals surface area contributed by atoms with Gasteiger partial charge >= 0.3 is 6.03 Å². The summed E-state index contributed by atoms with van der Waals surface area (Å²) in [5.41, 5.74) is 2.02. The number of nitrogens with one attached hydrogen (secondary N) is 1. The summed E-state index contributed by atoms with van der Waals surface area (Å²) in [4.78, 5) is 49.6. The highest BCUT2D eigenvalue weighted by Crippen LogP contribution is 2.32. The van der Waals surface area contributed by atoms with Gasteiger partial charge in [-0.3, -0.25) is 19.8 Å². The van der Waals surface area contributed by atoms with Gasteiger partial charge in [0.2, 0.25) is 5.91 Å². The van der Waals surface area contributed by atoms with Crippen LogP contribution in [0.2, 0.25) is 0 Å². The third-order valence-corrected chi connectivity index (χ3v) is 7.51. The predicted molar refractivity (Wildman–Crippen MR) is 137 cm³/mol. The minimum Gasteiger partial charge on any atom is -0.486 e. The first-order chi connectivity index (χ1) is 18.4. The van der Waals surface area contributed by atoms with Crippen LogP contribution >= 0.6 is 0 Å². The van der Waals surface area contributed by atoms with E-state index in [9.17, 15) is 19.6 Å². The quantitative estimate of drug-likeness (QED) is 0.552. The Hall–Kier alpha value is -4.04. The molecule has 0 bridgehead atoms. The van der Waals surface area contributed by atoms with E-state index in [-0.39, 0.29) is 41.1 Å². The van der Waals surface area contributed by atoms with Crippen LogP contribution in [-0.2, 0) is 22.5 Å². The van der Waals surface area contributed by atoms with E-state index in [1.165, 1.54) is 17.2 Å². The van der Waals surface area contributed by atoms with Crippen molar-refractivity contribution < 1.29 is 23.9 Å². The summed E-state index contributed by atoms with van der Waals surface area (Å²) < 4.78 is 11.4. The number of ether oxygens (including phenoxy) is 2. The third kappa shape index (κ3) is 4.91. The molecule has 1 aliphatic carbocycles. The van der Waals surface area contributed by atoms with Gasteiger partial charge in [-0.05, 0) is 43.7 Å². The second kappa shape index (κ2) is 10.8. The number of anilines is 2. The number of amides is 3. The van der Waals surface area contributed by atoms with Crippen molar-refractivity contribution in [2.24, 2.45) is 5.92 Å². The van der Waals surface area contributed by atoms with E-state index in [2.05, 4.69) is 21.4 Å². The first kappa shape index (κ1) is 25.6. The van der Waals surface area contributed by atoms with Crippen LogP contribution in [0.1, 0.15) is 59.8 Å². The topological polar surface area (TPSA) is 138 Å². The Kier molecular flexibility index (Phi) is 7.24. The van der Waals surface area contributed by atoms with Crippen molar-refractivity contribution in [2.45, 2.75) is 57.8 Å². The molecule has 3 amide bonds. The minimum absolute atomic E-state index is 0.0173. The van der Waals surface area contributed by atoms with E-state index in [1.54, 1.807) is 12.0 Å². The molecule has 5 rings (SSSR count). The van der Waals surface area contributed by atoms with Gasteiger partial charge in [0.05, 0.1) is 12.3 Å². The first-order valence-corrected chi connectivity index (χ1v) is 12.9. The summed E-state index contributed by atoms with van der Waals surface area (Å²) in [6, 6.07) is 5.04. The van der Waals surface area contributed by atoms with E-state index in [0.717, 1.165) is 31.2 Å². The molecular weight excluding hydrogens is 488 g/mol. The molecule has 198 valence electrons. The first-order valence-electron chi connectivity index (χ1n) is 12.9. The maximum atomic E-state index is 13.3. The van der Waals surface area contributed by atoms with Crippen LogP contribution in [0.3, 0.4) is 0 Å². The summed E-state index contributed by atoms with van der Waals surface area (Å²) in [7, 11) is 1.62. The van der Waals surface area contributed by atoms with Gasteiger partial charge < -0.3 is 14.4 Å². The van der Waals surface area contributed by atoms with Crippen LogP contribution in [0.5, 0.6) is 5.75 Å². The summed E-state index contributed by atoms with van der Waals surface area (Å²) in [5, 5.41) is 12.2. The Bertz CT molecular complexity index is 1310. The standard InChI is InChI=1S/C27H30N6O5/c1-16-7-9-32(26(16)35)14-18-10-17-4-3-8-33(25(17)30-20(18)15-34)27(36)31-24-11-23(19(12-28)13-29-24)38-22-6-5-21(22)37-2/h10-11,13,15-16,21-22H,3-9,14H2,1-2H3,(H,29,31,36)/t16-,21-,22+/m0/s1. The Morgan fingerprint density at radius 3 is 2.74 bits per heavy atom. The molecule has 0 unspecified atom stereocenters. The van der Waals surface area contributed by atoms with Crippen molar-refractivity contribution >= 4 is 29.9 Å². The van der Waals surface area contributed by atoms with Gasteiger partial charge in [0.15, 0.2) is 6.29 Å². The van der Waals surface area contributed by atoms with Crippen LogP contribution < -0.4 is 15.0 Å². The average molecular weight is 519 g/mol.